The molecular weight excluding hydrogens is 156 g/mol. The van der Waals surface area contributed by atoms with Crippen molar-refractivity contribution < 1.29 is 9.59 Å². The number of hydrogen-bond acceptors (Lipinski definition) is 2. The molecule has 1 N–H and O–H groups in total. The molecule has 0 spiro atoms. The maximum absolute atomic E-state index is 11.3. The van der Waals surface area contributed by atoms with Gasteiger partial charge in [-0.15, -0.1) is 0 Å². The van der Waals surface area contributed by atoms with Crippen LogP contribution in [-0.4, -0.2) is 35.8 Å². The van der Waals surface area contributed by atoms with Crippen molar-refractivity contribution in [2.75, 3.05) is 13.1 Å². The molecule has 0 aromatic heterocycles. The number of likely N-dealkylation sites (N-methyl/N-ethyl adjacent to an activating group) is 1. The number of rotatable bonds is 2. The Kier molecular flexibility index (Phi) is 2.68. The molecule has 0 aliphatic carbocycles. The molecule has 1 aliphatic heterocycles. The molecule has 2 amide bonds. The summed E-state index contributed by atoms with van der Waals surface area (Å²) in [5, 5.41) is 2.57. The fourth-order valence-corrected chi connectivity index (χ4v) is 1.50. The van der Waals surface area contributed by atoms with Gasteiger partial charge in [-0.2, -0.15) is 0 Å². The first-order valence-electron chi connectivity index (χ1n) is 4.27. The summed E-state index contributed by atoms with van der Waals surface area (Å²) in [5.41, 5.74) is 0. The Hall–Kier alpha value is -1.06. The first kappa shape index (κ1) is 9.03. The summed E-state index contributed by atoms with van der Waals surface area (Å²) in [7, 11) is 0. The first-order chi connectivity index (χ1) is 5.70. The van der Waals surface area contributed by atoms with Crippen molar-refractivity contribution in [1.82, 2.24) is 10.2 Å². The zero-order valence-electron chi connectivity index (χ0n) is 7.46. The lowest BCUT2D eigenvalue weighted by Crippen LogP contribution is -2.57. The van der Waals surface area contributed by atoms with Crippen molar-refractivity contribution in [3.8, 4) is 0 Å². The highest BCUT2D eigenvalue weighted by Crippen LogP contribution is 2.08. The largest absolute Gasteiger partial charge is 0.345 e. The van der Waals surface area contributed by atoms with Crippen molar-refractivity contribution in [3.63, 3.8) is 0 Å². The zero-order chi connectivity index (χ0) is 9.14. The van der Waals surface area contributed by atoms with Gasteiger partial charge in [-0.1, -0.05) is 6.92 Å². The summed E-state index contributed by atoms with van der Waals surface area (Å²) in [6.07, 6.45) is 0.686. The number of nitrogens with zero attached hydrogens (tertiary/aromatic N) is 1. The lowest BCUT2D eigenvalue weighted by Gasteiger charge is -2.33. The van der Waals surface area contributed by atoms with E-state index in [0.717, 1.165) is 0 Å². The van der Waals surface area contributed by atoms with Gasteiger partial charge in [0.2, 0.25) is 11.8 Å². The second kappa shape index (κ2) is 3.56. The maximum atomic E-state index is 11.3. The summed E-state index contributed by atoms with van der Waals surface area (Å²) >= 11 is 0. The smallest absolute Gasteiger partial charge is 0.243 e. The van der Waals surface area contributed by atoms with Gasteiger partial charge in [0.15, 0.2) is 0 Å². The van der Waals surface area contributed by atoms with Gasteiger partial charge in [0.05, 0.1) is 6.54 Å². The van der Waals surface area contributed by atoms with Gasteiger partial charge in [0, 0.05) is 6.54 Å². The van der Waals surface area contributed by atoms with E-state index in [1.807, 2.05) is 13.8 Å². The second-order valence-electron chi connectivity index (χ2n) is 2.82. The van der Waals surface area contributed by atoms with E-state index in [0.29, 0.717) is 13.0 Å². The molecule has 0 aromatic rings. The van der Waals surface area contributed by atoms with Crippen LogP contribution in [0.2, 0.25) is 0 Å². The van der Waals surface area contributed by atoms with Crippen LogP contribution < -0.4 is 5.32 Å². The van der Waals surface area contributed by atoms with Gasteiger partial charge in [-0.25, -0.2) is 0 Å². The van der Waals surface area contributed by atoms with E-state index in [9.17, 15) is 9.59 Å². The Morgan fingerprint density at radius 2 is 2.17 bits per heavy atom. The first-order valence-corrected chi connectivity index (χ1v) is 4.27. The highest BCUT2D eigenvalue weighted by molar-refractivity contribution is 5.94. The highest BCUT2D eigenvalue weighted by Gasteiger charge is 2.31. The Bertz CT molecular complexity index is 181. The number of carbonyl (C=O) groups excluding carboxylic acids is 2. The van der Waals surface area contributed by atoms with Crippen LogP contribution >= 0.6 is 0 Å². The molecule has 1 rings (SSSR count). The number of nitrogens with one attached hydrogen (secondary N) is 1. The van der Waals surface area contributed by atoms with Crippen LogP contribution in [0.4, 0.5) is 0 Å². The molecule has 1 saturated heterocycles. The van der Waals surface area contributed by atoms with E-state index in [-0.39, 0.29) is 24.4 Å². The van der Waals surface area contributed by atoms with E-state index in [1.165, 1.54) is 0 Å². The molecule has 1 fully saturated rings. The molecule has 1 atom stereocenters. The van der Waals surface area contributed by atoms with E-state index < -0.39 is 0 Å². The van der Waals surface area contributed by atoms with Gasteiger partial charge in [-0.05, 0) is 13.3 Å². The Morgan fingerprint density at radius 3 is 2.58 bits per heavy atom. The van der Waals surface area contributed by atoms with Crippen molar-refractivity contribution in [1.29, 1.82) is 0 Å². The van der Waals surface area contributed by atoms with Crippen LogP contribution in [0, 0.1) is 0 Å². The minimum absolute atomic E-state index is 0.0175. The molecular formula is C8H14N2O2. The highest BCUT2D eigenvalue weighted by atomic mass is 16.2. The number of hydrogen-bond donors (Lipinski definition) is 1. The zero-order valence-corrected chi connectivity index (χ0v) is 7.46. The van der Waals surface area contributed by atoms with E-state index in [4.69, 9.17) is 0 Å². The molecule has 0 aromatic carbocycles. The van der Waals surface area contributed by atoms with Crippen LogP contribution in [-0.2, 0) is 9.59 Å². The average Bonchev–Trinajstić information content (AvgIpc) is 2.08. The third-order valence-electron chi connectivity index (χ3n) is 2.14. The van der Waals surface area contributed by atoms with Crippen molar-refractivity contribution in [3.05, 3.63) is 0 Å². The van der Waals surface area contributed by atoms with E-state index in [2.05, 4.69) is 5.32 Å². The summed E-state index contributed by atoms with van der Waals surface area (Å²) in [6.45, 7) is 4.57. The lowest BCUT2D eigenvalue weighted by atomic mass is 10.1. The molecule has 4 heteroatoms. The second-order valence-corrected chi connectivity index (χ2v) is 2.82. The SMILES string of the molecule is CCC1C(=O)NCC(=O)N1CC. The van der Waals surface area contributed by atoms with Crippen molar-refractivity contribution in [2.45, 2.75) is 26.3 Å². The average molecular weight is 170 g/mol. The van der Waals surface area contributed by atoms with Crippen molar-refractivity contribution in [2.24, 2.45) is 0 Å². The normalized spacial score (nSPS) is 24.2. The molecule has 1 unspecified atom stereocenters. The Balaban J connectivity index is 2.74. The Labute approximate surface area is 71.9 Å². The van der Waals surface area contributed by atoms with Gasteiger partial charge in [0.25, 0.3) is 0 Å². The standard InChI is InChI=1S/C8H14N2O2/c1-3-6-8(12)9-5-7(11)10(6)4-2/h6H,3-5H2,1-2H3,(H,9,12). The summed E-state index contributed by atoms with van der Waals surface area (Å²) in [4.78, 5) is 24.1. The quantitative estimate of drug-likeness (QED) is 0.621. The minimum atomic E-state index is -0.253. The number of carbonyl (C=O) groups is 2. The fraction of sp³-hybridized carbons (Fsp3) is 0.750. The summed E-state index contributed by atoms with van der Waals surface area (Å²) < 4.78 is 0. The van der Waals surface area contributed by atoms with Gasteiger partial charge < -0.3 is 10.2 Å². The third kappa shape index (κ3) is 1.42. The van der Waals surface area contributed by atoms with Crippen LogP contribution in [0.1, 0.15) is 20.3 Å². The molecule has 1 heterocycles. The van der Waals surface area contributed by atoms with Crippen LogP contribution in [0.15, 0.2) is 0 Å². The molecule has 0 radical (unpaired) electrons. The minimum Gasteiger partial charge on any atom is -0.345 e. The topological polar surface area (TPSA) is 49.4 Å². The van der Waals surface area contributed by atoms with Gasteiger partial charge in [0.1, 0.15) is 6.04 Å². The number of piperazine rings is 1. The lowest BCUT2D eigenvalue weighted by molar-refractivity contribution is -0.145. The predicted molar refractivity (Wildman–Crippen MR) is 44.5 cm³/mol. The third-order valence-corrected chi connectivity index (χ3v) is 2.14. The van der Waals surface area contributed by atoms with Crippen LogP contribution in [0.5, 0.6) is 0 Å². The monoisotopic (exact) mass is 170 g/mol. The fourth-order valence-electron chi connectivity index (χ4n) is 1.50. The van der Waals surface area contributed by atoms with Crippen LogP contribution in [0.25, 0.3) is 0 Å². The summed E-state index contributed by atoms with van der Waals surface area (Å²) in [6, 6.07) is -0.253. The molecule has 0 bridgehead atoms. The van der Waals surface area contributed by atoms with Crippen LogP contribution in [0.3, 0.4) is 0 Å². The molecule has 1 aliphatic rings. The van der Waals surface area contributed by atoms with E-state index in [1.54, 1.807) is 4.90 Å². The molecule has 68 valence electrons. The Morgan fingerprint density at radius 1 is 1.50 bits per heavy atom. The molecule has 0 saturated carbocycles. The molecule has 12 heavy (non-hydrogen) atoms. The molecule has 4 nitrogen and oxygen atoms in total. The van der Waals surface area contributed by atoms with Gasteiger partial charge in [-0.3, -0.25) is 9.59 Å². The summed E-state index contributed by atoms with van der Waals surface area (Å²) in [5.74, 6) is -0.0112. The number of amides is 2. The van der Waals surface area contributed by atoms with E-state index >= 15 is 0 Å². The maximum Gasteiger partial charge on any atom is 0.243 e. The van der Waals surface area contributed by atoms with Gasteiger partial charge >= 0.3 is 0 Å². The van der Waals surface area contributed by atoms with Crippen molar-refractivity contribution >= 4 is 11.8 Å². The predicted octanol–water partition coefficient (Wildman–Crippen LogP) is -0.257.